The number of hydrogen-bond donors (Lipinski definition) is 3. The number of rotatable bonds is 5. The topological polar surface area (TPSA) is 89.3 Å². The number of anilines is 2. The molecule has 1 aromatic carbocycles. The predicted octanol–water partition coefficient (Wildman–Crippen LogP) is 4.05. The van der Waals surface area contributed by atoms with E-state index >= 15 is 0 Å². The van der Waals surface area contributed by atoms with Crippen LogP contribution in [0.25, 0.3) is 23.3 Å². The summed E-state index contributed by atoms with van der Waals surface area (Å²) in [7, 11) is 0. The van der Waals surface area contributed by atoms with Gasteiger partial charge in [0.05, 0.1) is 11.4 Å². The summed E-state index contributed by atoms with van der Waals surface area (Å²) in [6, 6.07) is 0. The third-order valence-electron chi connectivity index (χ3n) is 3.24. The third kappa shape index (κ3) is 3.28. The van der Waals surface area contributed by atoms with E-state index in [1.165, 1.54) is 6.08 Å². The van der Waals surface area contributed by atoms with Crippen molar-refractivity contribution >= 4 is 40.6 Å². The molecular weight excluding hydrogens is 276 g/mol. The Kier molecular flexibility index (Phi) is 5.35. The van der Waals surface area contributed by atoms with Crippen LogP contribution in [0.4, 0.5) is 11.4 Å². The van der Waals surface area contributed by atoms with Crippen LogP contribution in [-0.2, 0) is 4.79 Å². The van der Waals surface area contributed by atoms with Crippen LogP contribution in [0.1, 0.15) is 43.0 Å². The fraction of sp³-hybridized carbons (Fsp3) is 0.167. The van der Waals surface area contributed by atoms with Crippen LogP contribution in [-0.4, -0.2) is 11.1 Å². The van der Waals surface area contributed by atoms with Crippen LogP contribution < -0.4 is 11.5 Å². The van der Waals surface area contributed by atoms with Gasteiger partial charge >= 0.3 is 5.97 Å². The smallest absolute Gasteiger partial charge is 0.328 e. The second kappa shape index (κ2) is 6.80. The molecule has 0 fully saturated rings. The number of nitrogen functional groups attached to an aromatic ring is 2. The van der Waals surface area contributed by atoms with E-state index in [9.17, 15) is 4.79 Å². The molecule has 5 N–H and O–H groups in total. The predicted molar refractivity (Wildman–Crippen MR) is 96.1 cm³/mol. The normalized spacial score (nSPS) is 11.2. The first-order valence-electron chi connectivity index (χ1n) is 6.82. The Labute approximate surface area is 131 Å². The van der Waals surface area contributed by atoms with Crippen molar-refractivity contribution in [2.24, 2.45) is 0 Å². The Morgan fingerprint density at radius 2 is 1.41 bits per heavy atom. The zero-order valence-corrected chi connectivity index (χ0v) is 13.2. The summed E-state index contributed by atoms with van der Waals surface area (Å²) in [5, 5.41) is 8.87. The number of nitrogens with two attached hydrogens (primary N) is 2. The van der Waals surface area contributed by atoms with Crippen molar-refractivity contribution in [3.8, 4) is 0 Å². The van der Waals surface area contributed by atoms with Crippen molar-refractivity contribution < 1.29 is 9.90 Å². The first kappa shape index (κ1) is 17.3. The first-order valence-corrected chi connectivity index (χ1v) is 6.82. The molecule has 0 saturated heterocycles. The lowest BCUT2D eigenvalue weighted by atomic mass is 9.85. The van der Waals surface area contributed by atoms with Gasteiger partial charge in [-0.1, -0.05) is 25.3 Å². The second-order valence-corrected chi connectivity index (χ2v) is 5.14. The minimum Gasteiger partial charge on any atom is -0.478 e. The molecule has 0 aliphatic rings. The zero-order chi connectivity index (χ0) is 17.0. The molecule has 22 heavy (non-hydrogen) atoms. The number of hydrogen-bond acceptors (Lipinski definition) is 3. The van der Waals surface area contributed by atoms with Gasteiger partial charge in [0.15, 0.2) is 0 Å². The van der Waals surface area contributed by atoms with Gasteiger partial charge in [-0.25, -0.2) is 4.79 Å². The maximum atomic E-state index is 10.8. The molecule has 0 aliphatic carbocycles. The van der Waals surface area contributed by atoms with E-state index < -0.39 is 5.97 Å². The molecule has 4 nitrogen and oxygen atoms in total. The molecule has 4 heteroatoms. The summed E-state index contributed by atoms with van der Waals surface area (Å²) >= 11 is 0. The number of benzene rings is 1. The molecule has 0 radical (unpaired) electrons. The minimum absolute atomic E-state index is 0.341. The van der Waals surface area contributed by atoms with E-state index in [4.69, 9.17) is 16.6 Å². The maximum Gasteiger partial charge on any atom is 0.328 e. The van der Waals surface area contributed by atoms with Crippen LogP contribution in [0.5, 0.6) is 0 Å². The lowest BCUT2D eigenvalue weighted by Gasteiger charge is -2.21. The van der Waals surface area contributed by atoms with Crippen molar-refractivity contribution in [1.29, 1.82) is 0 Å². The number of carboxylic acids is 1. The first-order chi connectivity index (χ1) is 10.2. The highest BCUT2D eigenvalue weighted by Crippen LogP contribution is 2.40. The zero-order valence-electron chi connectivity index (χ0n) is 13.2. The number of aliphatic carboxylic acids is 1. The summed E-state index contributed by atoms with van der Waals surface area (Å²) in [6.07, 6.45) is 6.22. The van der Waals surface area contributed by atoms with E-state index in [0.29, 0.717) is 16.9 Å². The molecule has 0 amide bonds. The molecule has 0 spiro atoms. The lowest BCUT2D eigenvalue weighted by Crippen LogP contribution is -2.07. The average molecular weight is 298 g/mol. The molecule has 0 aliphatic heterocycles. The monoisotopic (exact) mass is 298 g/mol. The van der Waals surface area contributed by atoms with E-state index in [1.807, 2.05) is 32.9 Å². The number of allylic oxidation sites excluding steroid dienone is 3. The Morgan fingerprint density at radius 1 is 1.00 bits per heavy atom. The molecule has 116 valence electrons. The molecule has 0 saturated carbocycles. The molecule has 0 aromatic heterocycles. The molecule has 0 bridgehead atoms. The average Bonchev–Trinajstić information content (AvgIpc) is 2.41. The fourth-order valence-corrected chi connectivity index (χ4v) is 2.38. The Hall–Kier alpha value is -2.75. The second-order valence-electron chi connectivity index (χ2n) is 5.14. The highest BCUT2D eigenvalue weighted by Gasteiger charge is 2.19. The molecule has 1 rings (SSSR count). The Bertz CT molecular complexity index is 711. The van der Waals surface area contributed by atoms with Gasteiger partial charge in [0, 0.05) is 17.2 Å². The van der Waals surface area contributed by atoms with Gasteiger partial charge in [0.2, 0.25) is 0 Å². The number of carbonyl (C=O) groups is 1. The van der Waals surface area contributed by atoms with Crippen molar-refractivity contribution in [2.45, 2.75) is 20.8 Å². The van der Waals surface area contributed by atoms with Gasteiger partial charge in [-0.05, 0) is 49.1 Å². The van der Waals surface area contributed by atoms with Crippen LogP contribution in [0.15, 0.2) is 25.3 Å². The van der Waals surface area contributed by atoms with Gasteiger partial charge in [0.25, 0.3) is 0 Å². The Morgan fingerprint density at radius 3 is 1.73 bits per heavy atom. The van der Waals surface area contributed by atoms with Crippen LogP contribution in [0.3, 0.4) is 0 Å². The standard InChI is InChI=1S/C18H22N2O2/c1-6-7-12-15(10(2)3)16(11(4)5)13(8-9-14(21)22)18(20)17(12)19/h6-9H,2,4,19-20H2,1,3,5H3,(H,21,22)/b7-6+,9-8+. The van der Waals surface area contributed by atoms with Crippen LogP contribution >= 0.6 is 0 Å². The maximum absolute atomic E-state index is 10.8. The molecule has 0 unspecified atom stereocenters. The number of carboxylic acid groups (broad SMARTS) is 1. The van der Waals surface area contributed by atoms with Gasteiger partial charge in [-0.3, -0.25) is 0 Å². The third-order valence-corrected chi connectivity index (χ3v) is 3.24. The fourth-order valence-electron chi connectivity index (χ4n) is 2.38. The highest BCUT2D eigenvalue weighted by atomic mass is 16.4. The van der Waals surface area contributed by atoms with Gasteiger partial charge < -0.3 is 16.6 Å². The molecule has 0 heterocycles. The van der Waals surface area contributed by atoms with E-state index in [1.54, 1.807) is 0 Å². The van der Waals surface area contributed by atoms with Gasteiger partial charge in [0.1, 0.15) is 0 Å². The summed E-state index contributed by atoms with van der Waals surface area (Å²) in [6.45, 7) is 13.6. The lowest BCUT2D eigenvalue weighted by molar-refractivity contribution is -0.131. The van der Waals surface area contributed by atoms with E-state index in [0.717, 1.165) is 33.9 Å². The minimum atomic E-state index is -1.06. The van der Waals surface area contributed by atoms with Gasteiger partial charge in [-0.2, -0.15) is 0 Å². The van der Waals surface area contributed by atoms with Crippen molar-refractivity contribution in [2.75, 3.05) is 11.5 Å². The summed E-state index contributed by atoms with van der Waals surface area (Å²) in [5.74, 6) is -1.06. The van der Waals surface area contributed by atoms with Crippen LogP contribution in [0.2, 0.25) is 0 Å². The summed E-state index contributed by atoms with van der Waals surface area (Å²) < 4.78 is 0. The van der Waals surface area contributed by atoms with Crippen LogP contribution in [0, 0.1) is 0 Å². The molecular formula is C18H22N2O2. The molecule has 1 aromatic rings. The highest BCUT2D eigenvalue weighted by molar-refractivity contribution is 5.99. The van der Waals surface area contributed by atoms with Crippen molar-refractivity contribution in [3.05, 3.63) is 47.6 Å². The van der Waals surface area contributed by atoms with E-state index in [2.05, 4.69) is 13.2 Å². The van der Waals surface area contributed by atoms with Crippen molar-refractivity contribution in [1.82, 2.24) is 0 Å². The SMILES string of the molecule is C=C(C)c1c(/C=C/C)c(N)c(N)c(/C=C/C(=O)O)c1C(=C)C. The quantitative estimate of drug-likeness (QED) is 0.565. The largest absolute Gasteiger partial charge is 0.478 e. The summed E-state index contributed by atoms with van der Waals surface area (Å²) in [4.78, 5) is 10.8. The summed E-state index contributed by atoms with van der Waals surface area (Å²) in [5.41, 5.74) is 17.5. The van der Waals surface area contributed by atoms with Gasteiger partial charge in [-0.15, -0.1) is 0 Å². The van der Waals surface area contributed by atoms with E-state index in [-0.39, 0.29) is 0 Å². The molecule has 0 atom stereocenters. The Balaban J connectivity index is 3.97. The van der Waals surface area contributed by atoms with Crippen molar-refractivity contribution in [3.63, 3.8) is 0 Å².